The molecule has 0 heterocycles. The minimum atomic E-state index is -5.02. The molecule has 4 bridgehead atoms. The molecule has 4 aliphatic rings. The van der Waals surface area contributed by atoms with E-state index < -0.39 is 19.2 Å². The molecule has 15 heavy (non-hydrogen) atoms. The summed E-state index contributed by atoms with van der Waals surface area (Å²) >= 11 is -5.02. The van der Waals surface area contributed by atoms with E-state index >= 15 is 0 Å². The van der Waals surface area contributed by atoms with Gasteiger partial charge in [0.05, 0.1) is 0 Å². The zero-order chi connectivity index (χ0) is 10.7. The van der Waals surface area contributed by atoms with Crippen molar-refractivity contribution in [3.63, 3.8) is 0 Å². The molecular formula is C10H16CrO4. The minimum absolute atomic E-state index is 0.521. The van der Waals surface area contributed by atoms with Crippen LogP contribution in [-0.4, -0.2) is 9.76 Å². The van der Waals surface area contributed by atoms with Crippen LogP contribution in [0.2, 0.25) is 0 Å². The van der Waals surface area contributed by atoms with Crippen molar-refractivity contribution in [2.75, 3.05) is 0 Å². The van der Waals surface area contributed by atoms with Gasteiger partial charge in [0.1, 0.15) is 0 Å². The molecule has 0 saturated heterocycles. The Morgan fingerprint density at radius 1 is 1.00 bits per heavy atom. The molecule has 4 saturated carbocycles. The molecule has 4 aliphatic carbocycles. The predicted molar refractivity (Wildman–Crippen MR) is 45.6 cm³/mol. The van der Waals surface area contributed by atoms with Crippen molar-refractivity contribution in [1.82, 2.24) is 0 Å². The van der Waals surface area contributed by atoms with Crippen molar-refractivity contribution >= 4 is 0 Å². The van der Waals surface area contributed by atoms with E-state index in [1.165, 1.54) is 19.3 Å². The fourth-order valence-electron chi connectivity index (χ4n) is 4.36. The van der Waals surface area contributed by atoms with E-state index in [2.05, 4.69) is 0 Å². The number of hydrogen-bond acceptors (Lipinski definition) is 3. The van der Waals surface area contributed by atoms with Gasteiger partial charge in [-0.15, -0.1) is 0 Å². The fraction of sp³-hybridized carbons (Fsp3) is 1.00. The van der Waals surface area contributed by atoms with E-state index in [9.17, 15) is 7.61 Å². The summed E-state index contributed by atoms with van der Waals surface area (Å²) < 4.78 is 35.8. The summed E-state index contributed by atoms with van der Waals surface area (Å²) in [6, 6.07) is 0. The number of hydrogen-bond donors (Lipinski definition) is 1. The van der Waals surface area contributed by atoms with Crippen molar-refractivity contribution in [2.24, 2.45) is 17.8 Å². The summed E-state index contributed by atoms with van der Waals surface area (Å²) in [5.41, 5.74) is -0.521. The molecule has 4 nitrogen and oxygen atoms in total. The van der Waals surface area contributed by atoms with Crippen molar-refractivity contribution < 1.29 is 29.2 Å². The van der Waals surface area contributed by atoms with Gasteiger partial charge in [0, 0.05) is 0 Å². The quantitative estimate of drug-likeness (QED) is 0.811. The first kappa shape index (κ1) is 10.2. The Labute approximate surface area is 91.4 Å². The van der Waals surface area contributed by atoms with E-state index in [0.717, 1.165) is 19.3 Å². The maximum absolute atomic E-state index is 10.9. The molecule has 1 N–H and O–H groups in total. The van der Waals surface area contributed by atoms with Crippen LogP contribution in [0.1, 0.15) is 38.5 Å². The van der Waals surface area contributed by atoms with Gasteiger partial charge in [-0.25, -0.2) is 0 Å². The number of rotatable bonds is 2. The first-order chi connectivity index (χ1) is 6.94. The summed E-state index contributed by atoms with van der Waals surface area (Å²) in [4.78, 5) is 0. The molecule has 0 unspecified atom stereocenters. The Bertz CT molecular complexity index is 338. The topological polar surface area (TPSA) is 63.6 Å². The van der Waals surface area contributed by atoms with Gasteiger partial charge in [-0.3, -0.25) is 0 Å². The van der Waals surface area contributed by atoms with Crippen molar-refractivity contribution in [3.05, 3.63) is 0 Å². The van der Waals surface area contributed by atoms with E-state index in [0.29, 0.717) is 17.8 Å². The van der Waals surface area contributed by atoms with Crippen LogP contribution < -0.4 is 0 Å². The third-order valence-corrected chi connectivity index (χ3v) is 5.15. The average molecular weight is 252 g/mol. The van der Waals surface area contributed by atoms with Gasteiger partial charge in [0.2, 0.25) is 0 Å². The summed E-state index contributed by atoms with van der Waals surface area (Å²) in [6.07, 6.45) is 6.22. The molecule has 4 fully saturated rings. The van der Waals surface area contributed by atoms with Crippen LogP contribution in [0.15, 0.2) is 0 Å². The molecule has 0 spiro atoms. The summed E-state index contributed by atoms with van der Waals surface area (Å²) in [5, 5.41) is 0. The third-order valence-electron chi connectivity index (χ3n) is 4.26. The average Bonchev–Trinajstić information content (AvgIpc) is 1.94. The van der Waals surface area contributed by atoms with Gasteiger partial charge in [0.15, 0.2) is 0 Å². The Hall–Kier alpha value is 0.0525. The zero-order valence-electron chi connectivity index (χ0n) is 8.55. The van der Waals surface area contributed by atoms with Gasteiger partial charge in [-0.1, -0.05) is 0 Å². The SMILES string of the molecule is [O]=[Cr](=[O])([OH])[O]C12CC3CC(CC(C3)C1)C2. The van der Waals surface area contributed by atoms with Crippen LogP contribution in [0, 0.1) is 17.8 Å². The van der Waals surface area contributed by atoms with E-state index in [1.807, 2.05) is 0 Å². The molecule has 0 aromatic rings. The maximum atomic E-state index is 10.9. The predicted octanol–water partition coefficient (Wildman–Crippen LogP) is 1.64. The third kappa shape index (κ3) is 1.87. The summed E-state index contributed by atoms with van der Waals surface area (Å²) in [7, 11) is 0. The Balaban J connectivity index is 1.87. The van der Waals surface area contributed by atoms with Crippen molar-refractivity contribution in [3.8, 4) is 0 Å². The Morgan fingerprint density at radius 3 is 1.73 bits per heavy atom. The first-order valence-corrected chi connectivity index (χ1v) is 7.75. The Kier molecular flexibility index (Phi) is 2.07. The normalized spacial score (nSPS) is 48.5. The first-order valence-electron chi connectivity index (χ1n) is 5.62. The van der Waals surface area contributed by atoms with Gasteiger partial charge in [-0.2, -0.15) is 0 Å². The monoisotopic (exact) mass is 252 g/mol. The molecule has 0 aromatic carbocycles. The Morgan fingerprint density at radius 2 is 1.40 bits per heavy atom. The van der Waals surface area contributed by atoms with Crippen LogP contribution in [-0.2, 0) is 25.0 Å². The molecule has 0 atom stereocenters. The molecule has 4 rings (SSSR count). The van der Waals surface area contributed by atoms with Crippen LogP contribution in [0.3, 0.4) is 0 Å². The van der Waals surface area contributed by atoms with E-state index in [4.69, 9.17) is 7.95 Å². The van der Waals surface area contributed by atoms with E-state index in [-0.39, 0.29) is 0 Å². The van der Waals surface area contributed by atoms with Crippen LogP contribution >= 0.6 is 0 Å². The van der Waals surface area contributed by atoms with Gasteiger partial charge in [-0.05, 0) is 0 Å². The molecule has 0 aliphatic heterocycles. The molecule has 0 radical (unpaired) electrons. The fourth-order valence-corrected chi connectivity index (χ4v) is 5.37. The van der Waals surface area contributed by atoms with Crippen LogP contribution in [0.4, 0.5) is 0 Å². The van der Waals surface area contributed by atoms with Crippen molar-refractivity contribution in [1.29, 1.82) is 0 Å². The summed E-state index contributed by atoms with van der Waals surface area (Å²) in [5.74, 6) is 1.90. The second-order valence-electron chi connectivity index (χ2n) is 5.61. The molecule has 5 heteroatoms. The van der Waals surface area contributed by atoms with E-state index in [1.54, 1.807) is 0 Å². The van der Waals surface area contributed by atoms with Gasteiger partial charge >= 0.3 is 91.0 Å². The van der Waals surface area contributed by atoms with Gasteiger partial charge in [0.25, 0.3) is 0 Å². The molecule has 0 aromatic heterocycles. The van der Waals surface area contributed by atoms with Gasteiger partial charge < -0.3 is 0 Å². The molecular weight excluding hydrogens is 236 g/mol. The second kappa shape index (κ2) is 3.04. The zero-order valence-corrected chi connectivity index (χ0v) is 9.83. The molecule has 86 valence electrons. The van der Waals surface area contributed by atoms with Crippen LogP contribution in [0.25, 0.3) is 0 Å². The molecule has 0 amide bonds. The second-order valence-corrected chi connectivity index (χ2v) is 7.21. The summed E-state index contributed by atoms with van der Waals surface area (Å²) in [6.45, 7) is 0. The standard InChI is InChI=1S/C10H15O.Cr.H2O.2O/c11-10-4-7-1-8(5-10)3-9(2-7)6-10;;;;/h7-9H,1-6H2;;1H2;;/q-1;+2;;;/p-1. The van der Waals surface area contributed by atoms with Crippen LogP contribution in [0.5, 0.6) is 0 Å². The van der Waals surface area contributed by atoms with Crippen molar-refractivity contribution in [2.45, 2.75) is 44.1 Å².